The summed E-state index contributed by atoms with van der Waals surface area (Å²) in [5.41, 5.74) is 3.15. The second-order valence-corrected chi connectivity index (χ2v) is 9.17. The van der Waals surface area contributed by atoms with Gasteiger partial charge in [-0.25, -0.2) is 9.59 Å². The first-order valence-corrected chi connectivity index (χ1v) is 11.4. The number of benzene rings is 2. The molecule has 4 aromatic rings. The summed E-state index contributed by atoms with van der Waals surface area (Å²) in [5, 5.41) is 11.0. The summed E-state index contributed by atoms with van der Waals surface area (Å²) in [5.74, 6) is -1.40. The number of rotatable bonds is 4. The van der Waals surface area contributed by atoms with Gasteiger partial charge in [-0.15, -0.1) is 0 Å². The van der Waals surface area contributed by atoms with Gasteiger partial charge in [-0.05, 0) is 49.1 Å². The number of carbonyl (C=O) groups is 2. The minimum absolute atomic E-state index is 0.198. The van der Waals surface area contributed by atoms with Crippen molar-refractivity contribution in [3.63, 3.8) is 0 Å². The number of halogens is 1. The van der Waals surface area contributed by atoms with Gasteiger partial charge in [0.05, 0.1) is 18.2 Å². The van der Waals surface area contributed by atoms with E-state index in [-0.39, 0.29) is 17.9 Å². The van der Waals surface area contributed by atoms with Crippen molar-refractivity contribution in [2.45, 2.75) is 32.2 Å². The molecule has 0 bridgehead atoms. The largest absolute Gasteiger partial charge is 0.480 e. The van der Waals surface area contributed by atoms with Crippen molar-refractivity contribution in [1.82, 2.24) is 4.90 Å². The fourth-order valence-corrected chi connectivity index (χ4v) is 4.81. The topological polar surface area (TPSA) is 101 Å². The summed E-state index contributed by atoms with van der Waals surface area (Å²) in [4.78, 5) is 38.4. The monoisotopic (exact) mass is 509 g/mol. The number of aliphatic carboxylic acids is 1. The van der Waals surface area contributed by atoms with E-state index in [0.29, 0.717) is 41.5 Å². The van der Waals surface area contributed by atoms with E-state index in [1.807, 2.05) is 30.3 Å². The van der Waals surface area contributed by atoms with Crippen molar-refractivity contribution in [3.05, 3.63) is 68.7 Å². The summed E-state index contributed by atoms with van der Waals surface area (Å²) >= 11 is 3.44. The smallest absolute Gasteiger partial charge is 0.340 e. The van der Waals surface area contributed by atoms with E-state index in [2.05, 4.69) is 15.9 Å². The van der Waals surface area contributed by atoms with Gasteiger partial charge in [0.25, 0.3) is 0 Å². The highest BCUT2D eigenvalue weighted by Gasteiger charge is 2.34. The van der Waals surface area contributed by atoms with Gasteiger partial charge in [0, 0.05) is 33.4 Å². The zero-order chi connectivity index (χ0) is 23.3. The molecule has 33 heavy (non-hydrogen) atoms. The van der Waals surface area contributed by atoms with Crippen LogP contribution in [-0.4, -0.2) is 34.5 Å². The van der Waals surface area contributed by atoms with E-state index in [1.165, 1.54) is 4.90 Å². The highest BCUT2D eigenvalue weighted by molar-refractivity contribution is 9.10. The summed E-state index contributed by atoms with van der Waals surface area (Å²) < 4.78 is 12.2. The van der Waals surface area contributed by atoms with Crippen molar-refractivity contribution in [1.29, 1.82) is 0 Å². The van der Waals surface area contributed by atoms with E-state index < -0.39 is 17.6 Å². The maximum atomic E-state index is 12.9. The van der Waals surface area contributed by atoms with Crippen molar-refractivity contribution in [3.8, 4) is 11.1 Å². The number of carbonyl (C=O) groups excluding carboxylic acids is 1. The van der Waals surface area contributed by atoms with Crippen LogP contribution in [0.5, 0.6) is 0 Å². The molecular formula is C25H20BrNO6. The van der Waals surface area contributed by atoms with Gasteiger partial charge in [-0.2, -0.15) is 0 Å². The SMILES string of the molecule is Cc1c(CC(=O)N2CCC[C@@H]2C(=O)O)c(=O)oc2cc3occ(-c4ccc(Br)cc4)c3cc12. The molecule has 0 unspecified atom stereocenters. The lowest BCUT2D eigenvalue weighted by atomic mass is 9.99. The van der Waals surface area contributed by atoms with Crippen LogP contribution >= 0.6 is 15.9 Å². The summed E-state index contributed by atoms with van der Waals surface area (Å²) in [6.07, 6.45) is 2.52. The van der Waals surface area contributed by atoms with Crippen LogP contribution in [0.15, 0.2) is 60.8 Å². The lowest BCUT2D eigenvalue weighted by Crippen LogP contribution is -2.41. The Hall–Kier alpha value is -3.39. The maximum Gasteiger partial charge on any atom is 0.340 e. The zero-order valence-electron chi connectivity index (χ0n) is 17.8. The Balaban J connectivity index is 1.58. The summed E-state index contributed by atoms with van der Waals surface area (Å²) in [6, 6.07) is 10.6. The molecule has 0 spiro atoms. The second-order valence-electron chi connectivity index (χ2n) is 8.25. The Morgan fingerprint density at radius 1 is 1.15 bits per heavy atom. The van der Waals surface area contributed by atoms with Gasteiger partial charge >= 0.3 is 11.6 Å². The van der Waals surface area contributed by atoms with Crippen LogP contribution in [0, 0.1) is 6.92 Å². The van der Waals surface area contributed by atoms with Crippen molar-refractivity contribution < 1.29 is 23.5 Å². The molecule has 8 heteroatoms. The standard InChI is InChI=1S/C25H20BrNO6/c1-13-16-9-18-19(14-4-6-15(26)7-5-14)12-32-21(18)11-22(16)33-25(31)17(13)10-23(28)27-8-2-3-20(27)24(29)30/h4-7,9,11-12,20H,2-3,8,10H2,1H3,(H,29,30)/t20-/m1/s1. The first-order chi connectivity index (χ1) is 15.8. The molecule has 0 aliphatic carbocycles. The van der Waals surface area contributed by atoms with E-state index in [1.54, 1.807) is 19.3 Å². The fraction of sp³-hybridized carbons (Fsp3) is 0.240. The quantitative estimate of drug-likeness (QED) is 0.392. The second kappa shape index (κ2) is 8.19. The van der Waals surface area contributed by atoms with Crippen molar-refractivity contribution in [2.75, 3.05) is 6.54 Å². The van der Waals surface area contributed by atoms with Gasteiger partial charge in [0.2, 0.25) is 5.91 Å². The number of carboxylic acid groups (broad SMARTS) is 1. The highest BCUT2D eigenvalue weighted by atomic mass is 79.9. The summed E-state index contributed by atoms with van der Waals surface area (Å²) in [7, 11) is 0. The van der Waals surface area contributed by atoms with Gasteiger partial charge < -0.3 is 18.8 Å². The first kappa shape index (κ1) is 21.5. The molecule has 168 valence electrons. The van der Waals surface area contributed by atoms with Crippen LogP contribution in [-0.2, 0) is 16.0 Å². The molecule has 1 N–H and O–H groups in total. The number of amides is 1. The predicted octanol–water partition coefficient (Wildman–Crippen LogP) is 4.90. The first-order valence-electron chi connectivity index (χ1n) is 10.6. The third-order valence-corrected chi connectivity index (χ3v) is 6.85. The number of fused-ring (bicyclic) bond motifs is 2. The number of hydrogen-bond acceptors (Lipinski definition) is 5. The van der Waals surface area contributed by atoms with E-state index in [0.717, 1.165) is 21.0 Å². The molecule has 1 saturated heterocycles. The van der Waals surface area contributed by atoms with Crippen LogP contribution in [0.3, 0.4) is 0 Å². The number of likely N-dealkylation sites (tertiary alicyclic amines) is 1. The summed E-state index contributed by atoms with van der Waals surface area (Å²) in [6.45, 7) is 2.16. The third-order valence-electron chi connectivity index (χ3n) is 6.32. The fourth-order valence-electron chi connectivity index (χ4n) is 4.54. The highest BCUT2D eigenvalue weighted by Crippen LogP contribution is 2.35. The van der Waals surface area contributed by atoms with Crippen LogP contribution in [0.25, 0.3) is 33.1 Å². The molecule has 1 fully saturated rings. The molecule has 7 nitrogen and oxygen atoms in total. The van der Waals surface area contributed by atoms with Crippen LogP contribution in [0.4, 0.5) is 0 Å². The van der Waals surface area contributed by atoms with E-state index in [9.17, 15) is 19.5 Å². The Morgan fingerprint density at radius 3 is 2.64 bits per heavy atom. The normalized spacial score (nSPS) is 16.1. The van der Waals surface area contributed by atoms with Crippen LogP contribution in [0.2, 0.25) is 0 Å². The zero-order valence-corrected chi connectivity index (χ0v) is 19.3. The molecular weight excluding hydrogens is 490 g/mol. The Kier molecular flexibility index (Phi) is 5.32. The molecule has 0 radical (unpaired) electrons. The van der Waals surface area contributed by atoms with Gasteiger partial charge in [-0.3, -0.25) is 4.79 Å². The molecule has 1 amide bonds. The minimum atomic E-state index is -1.02. The van der Waals surface area contributed by atoms with E-state index in [4.69, 9.17) is 8.83 Å². The Labute approximate surface area is 196 Å². The minimum Gasteiger partial charge on any atom is -0.480 e. The van der Waals surface area contributed by atoms with Gasteiger partial charge in [0.1, 0.15) is 17.2 Å². The molecule has 1 aliphatic heterocycles. The average molecular weight is 510 g/mol. The third kappa shape index (κ3) is 3.74. The lowest BCUT2D eigenvalue weighted by molar-refractivity contribution is -0.148. The number of hydrogen-bond donors (Lipinski definition) is 1. The number of nitrogens with zero attached hydrogens (tertiary/aromatic N) is 1. The molecule has 3 heterocycles. The maximum absolute atomic E-state index is 12.9. The lowest BCUT2D eigenvalue weighted by Gasteiger charge is -2.21. The Bertz CT molecular complexity index is 1470. The van der Waals surface area contributed by atoms with Crippen LogP contribution < -0.4 is 5.63 Å². The van der Waals surface area contributed by atoms with Crippen molar-refractivity contribution >= 4 is 49.7 Å². The van der Waals surface area contributed by atoms with Gasteiger partial charge in [-0.1, -0.05) is 28.1 Å². The molecule has 2 aromatic heterocycles. The van der Waals surface area contributed by atoms with Crippen molar-refractivity contribution in [2.24, 2.45) is 0 Å². The van der Waals surface area contributed by atoms with Gasteiger partial charge in [0.15, 0.2) is 0 Å². The molecule has 1 aliphatic rings. The molecule has 5 rings (SSSR count). The Morgan fingerprint density at radius 2 is 1.91 bits per heavy atom. The number of furan rings is 1. The number of carboxylic acids is 1. The average Bonchev–Trinajstić information content (AvgIpc) is 3.43. The molecule has 0 saturated carbocycles. The van der Waals surface area contributed by atoms with E-state index >= 15 is 0 Å². The van der Waals surface area contributed by atoms with Crippen LogP contribution in [0.1, 0.15) is 24.0 Å². The predicted molar refractivity (Wildman–Crippen MR) is 126 cm³/mol. The number of aryl methyl sites for hydroxylation is 1. The molecule has 1 atom stereocenters. The molecule has 2 aromatic carbocycles.